The highest BCUT2D eigenvalue weighted by molar-refractivity contribution is 7.18. The molecule has 2 atom stereocenters. The van der Waals surface area contributed by atoms with E-state index in [2.05, 4.69) is 33.1 Å². The highest BCUT2D eigenvalue weighted by Gasteiger charge is 2.27. The number of amides is 3. The predicted molar refractivity (Wildman–Crippen MR) is 125 cm³/mol. The summed E-state index contributed by atoms with van der Waals surface area (Å²) < 4.78 is 0. The molecule has 0 aliphatic carbocycles. The van der Waals surface area contributed by atoms with E-state index < -0.39 is 12.1 Å². The molecule has 3 rings (SSSR count). The van der Waals surface area contributed by atoms with Crippen LogP contribution in [0.25, 0.3) is 10.6 Å². The van der Waals surface area contributed by atoms with Gasteiger partial charge in [-0.3, -0.25) is 10.1 Å². The van der Waals surface area contributed by atoms with E-state index in [-0.39, 0.29) is 11.8 Å². The minimum atomic E-state index is -0.705. The first-order valence-corrected chi connectivity index (χ1v) is 11.2. The van der Waals surface area contributed by atoms with Gasteiger partial charge in [-0.2, -0.15) is 0 Å². The van der Waals surface area contributed by atoms with E-state index in [4.69, 9.17) is 0 Å². The van der Waals surface area contributed by atoms with Gasteiger partial charge < -0.3 is 10.6 Å². The minimum Gasteiger partial charge on any atom is -0.326 e. The number of carbonyl (C=O) groups excluding carboxylic acids is 2. The Hall–Kier alpha value is -3.26. The molecule has 0 bridgehead atoms. The van der Waals surface area contributed by atoms with Gasteiger partial charge in [0.2, 0.25) is 11.0 Å². The fraction of sp³-hybridized carbons (Fsp3) is 0.304. The van der Waals surface area contributed by atoms with Gasteiger partial charge in [0.05, 0.1) is 0 Å². The fourth-order valence-electron chi connectivity index (χ4n) is 2.99. The molecule has 0 fully saturated rings. The molecule has 0 aliphatic rings. The molecule has 1 heterocycles. The summed E-state index contributed by atoms with van der Waals surface area (Å²) in [5.74, 6) is -0.378. The van der Waals surface area contributed by atoms with Crippen LogP contribution in [-0.2, 0) is 11.2 Å². The first-order valence-electron chi connectivity index (χ1n) is 10.4. The third kappa shape index (κ3) is 6.11. The van der Waals surface area contributed by atoms with Crippen LogP contribution < -0.4 is 16.0 Å². The van der Waals surface area contributed by atoms with E-state index >= 15 is 0 Å². The third-order valence-electron chi connectivity index (χ3n) is 5.08. The van der Waals surface area contributed by atoms with Crippen LogP contribution in [0.3, 0.4) is 0 Å². The number of hydrogen-bond donors (Lipinski definition) is 3. The molecular weight excluding hydrogens is 410 g/mol. The Morgan fingerprint density at radius 2 is 1.68 bits per heavy atom. The van der Waals surface area contributed by atoms with E-state index in [0.717, 1.165) is 23.4 Å². The van der Waals surface area contributed by atoms with Crippen LogP contribution >= 0.6 is 11.3 Å². The number of urea groups is 1. The van der Waals surface area contributed by atoms with Crippen LogP contribution in [0.4, 0.5) is 15.6 Å². The second-order valence-corrected chi connectivity index (χ2v) is 8.26. The Morgan fingerprint density at radius 1 is 0.968 bits per heavy atom. The van der Waals surface area contributed by atoms with Crippen molar-refractivity contribution in [2.75, 3.05) is 10.6 Å². The number of aryl methyl sites for hydroxylation is 1. The van der Waals surface area contributed by atoms with E-state index in [1.54, 1.807) is 0 Å². The summed E-state index contributed by atoms with van der Waals surface area (Å²) in [6.07, 6.45) is 1.66. The number of nitrogens with zero attached hydrogens (tertiary/aromatic N) is 2. The van der Waals surface area contributed by atoms with Crippen LogP contribution in [0, 0.1) is 5.92 Å². The summed E-state index contributed by atoms with van der Waals surface area (Å²) in [5.41, 5.74) is 2.80. The number of aromatic nitrogens is 2. The van der Waals surface area contributed by atoms with Gasteiger partial charge in [-0.05, 0) is 30.0 Å². The van der Waals surface area contributed by atoms with E-state index in [1.807, 2.05) is 68.4 Å². The summed E-state index contributed by atoms with van der Waals surface area (Å²) in [6.45, 7) is 5.98. The van der Waals surface area contributed by atoms with Gasteiger partial charge in [0.25, 0.3) is 0 Å². The van der Waals surface area contributed by atoms with E-state index in [0.29, 0.717) is 10.8 Å². The second kappa shape index (κ2) is 10.7. The lowest BCUT2D eigenvalue weighted by molar-refractivity contribution is -0.119. The smallest absolute Gasteiger partial charge is 0.319 e. The van der Waals surface area contributed by atoms with Crippen molar-refractivity contribution < 1.29 is 9.59 Å². The molecule has 162 valence electrons. The molecule has 3 aromatic rings. The summed E-state index contributed by atoms with van der Waals surface area (Å²) >= 11 is 1.29. The Morgan fingerprint density at radius 3 is 2.32 bits per heavy atom. The first-order chi connectivity index (χ1) is 15.0. The molecule has 3 N–H and O–H groups in total. The van der Waals surface area contributed by atoms with Gasteiger partial charge in [0.1, 0.15) is 11.0 Å². The number of rotatable bonds is 8. The average Bonchev–Trinajstić information content (AvgIpc) is 3.26. The van der Waals surface area contributed by atoms with Crippen molar-refractivity contribution in [3.05, 3.63) is 60.2 Å². The Bertz CT molecular complexity index is 1000. The van der Waals surface area contributed by atoms with Gasteiger partial charge in [-0.1, -0.05) is 81.0 Å². The number of anilines is 2. The zero-order chi connectivity index (χ0) is 22.2. The van der Waals surface area contributed by atoms with Crippen molar-refractivity contribution in [2.24, 2.45) is 5.92 Å². The SMILES string of the molecule is CCc1ccc(NC(=O)N[C@@H](C(=O)Nc2nnc(-c3ccccc3)s2)[C@@H](C)CC)cc1. The highest BCUT2D eigenvalue weighted by Crippen LogP contribution is 2.26. The number of carbonyl (C=O) groups is 2. The maximum Gasteiger partial charge on any atom is 0.319 e. The summed E-state index contributed by atoms with van der Waals surface area (Å²) in [7, 11) is 0. The van der Waals surface area contributed by atoms with Crippen molar-refractivity contribution in [1.29, 1.82) is 0 Å². The van der Waals surface area contributed by atoms with Gasteiger partial charge in [-0.25, -0.2) is 4.79 Å². The standard InChI is InChI=1S/C23H27N5O2S/c1-4-15(3)19(25-22(30)24-18-13-11-16(5-2)12-14-18)20(29)26-23-28-27-21(31-23)17-9-7-6-8-10-17/h6-15,19H,4-5H2,1-3H3,(H2,24,25,30)(H,26,28,29)/t15-,19+/m0/s1. The van der Waals surface area contributed by atoms with Crippen LogP contribution in [0.5, 0.6) is 0 Å². The molecule has 7 nitrogen and oxygen atoms in total. The van der Waals surface area contributed by atoms with Gasteiger partial charge in [0.15, 0.2) is 0 Å². The number of nitrogens with one attached hydrogen (secondary N) is 3. The monoisotopic (exact) mass is 437 g/mol. The Balaban J connectivity index is 1.65. The number of hydrogen-bond acceptors (Lipinski definition) is 5. The van der Waals surface area contributed by atoms with Crippen molar-refractivity contribution >= 4 is 34.1 Å². The minimum absolute atomic E-state index is 0.0604. The molecule has 0 unspecified atom stereocenters. The molecule has 8 heteroatoms. The quantitative estimate of drug-likeness (QED) is 0.465. The molecule has 3 amide bonds. The molecule has 1 aromatic heterocycles. The van der Waals surface area contributed by atoms with Crippen molar-refractivity contribution in [2.45, 2.75) is 39.7 Å². The molecule has 2 aromatic carbocycles. The van der Waals surface area contributed by atoms with Crippen LogP contribution in [0.1, 0.15) is 32.8 Å². The maximum absolute atomic E-state index is 12.9. The largest absolute Gasteiger partial charge is 0.326 e. The molecule has 0 saturated carbocycles. The second-order valence-electron chi connectivity index (χ2n) is 7.28. The normalized spacial score (nSPS) is 12.6. The summed E-state index contributed by atoms with van der Waals surface area (Å²) in [6, 6.07) is 16.2. The molecule has 0 aliphatic heterocycles. The Labute approximate surface area is 186 Å². The van der Waals surface area contributed by atoms with Crippen LogP contribution in [-0.4, -0.2) is 28.2 Å². The zero-order valence-corrected chi connectivity index (χ0v) is 18.7. The van der Waals surface area contributed by atoms with Gasteiger partial charge in [0, 0.05) is 11.3 Å². The topological polar surface area (TPSA) is 96.0 Å². The predicted octanol–water partition coefficient (Wildman–Crippen LogP) is 4.94. The first kappa shape index (κ1) is 22.4. The Kier molecular flexibility index (Phi) is 7.72. The van der Waals surface area contributed by atoms with E-state index in [9.17, 15) is 9.59 Å². The number of benzene rings is 2. The molecule has 0 radical (unpaired) electrons. The molecular formula is C23H27N5O2S. The third-order valence-corrected chi connectivity index (χ3v) is 5.97. The van der Waals surface area contributed by atoms with Gasteiger partial charge >= 0.3 is 6.03 Å². The zero-order valence-electron chi connectivity index (χ0n) is 17.9. The highest BCUT2D eigenvalue weighted by atomic mass is 32.1. The van der Waals surface area contributed by atoms with E-state index in [1.165, 1.54) is 16.9 Å². The fourth-order valence-corrected chi connectivity index (χ4v) is 3.74. The van der Waals surface area contributed by atoms with Crippen LogP contribution in [0.15, 0.2) is 54.6 Å². The summed E-state index contributed by atoms with van der Waals surface area (Å²) in [4.78, 5) is 25.4. The maximum atomic E-state index is 12.9. The lowest BCUT2D eigenvalue weighted by atomic mass is 9.98. The van der Waals surface area contributed by atoms with Crippen molar-refractivity contribution in [3.63, 3.8) is 0 Å². The lowest BCUT2D eigenvalue weighted by Gasteiger charge is -2.23. The lowest BCUT2D eigenvalue weighted by Crippen LogP contribution is -2.49. The molecule has 31 heavy (non-hydrogen) atoms. The van der Waals surface area contributed by atoms with Crippen molar-refractivity contribution in [3.8, 4) is 10.6 Å². The van der Waals surface area contributed by atoms with Crippen molar-refractivity contribution in [1.82, 2.24) is 15.5 Å². The summed E-state index contributed by atoms with van der Waals surface area (Å²) in [5, 5.41) is 17.7. The van der Waals surface area contributed by atoms with Gasteiger partial charge in [-0.15, -0.1) is 10.2 Å². The average molecular weight is 438 g/mol. The molecule has 0 spiro atoms. The van der Waals surface area contributed by atoms with Crippen LogP contribution in [0.2, 0.25) is 0 Å². The molecule has 0 saturated heterocycles.